The second-order valence-electron chi connectivity index (χ2n) is 5.25. The predicted octanol–water partition coefficient (Wildman–Crippen LogP) is 5.06. The largest absolute Gasteiger partial charge is 0.467 e. The highest BCUT2D eigenvalue weighted by Gasteiger charge is 2.41. The zero-order chi connectivity index (χ0) is 15.1. The number of benzene rings is 1. The van der Waals surface area contributed by atoms with Crippen molar-refractivity contribution in [3.63, 3.8) is 0 Å². The van der Waals surface area contributed by atoms with E-state index in [2.05, 4.69) is 50.4 Å². The summed E-state index contributed by atoms with van der Waals surface area (Å²) >= 11 is 3.86. The monoisotopic (exact) mass is 325 g/mol. The van der Waals surface area contributed by atoms with Gasteiger partial charge in [-0.1, -0.05) is 45.4 Å². The molecule has 1 aliphatic heterocycles. The lowest BCUT2D eigenvalue weighted by atomic mass is 10.00. The minimum absolute atomic E-state index is 0.137. The molecule has 1 atom stereocenters. The predicted molar refractivity (Wildman–Crippen MR) is 96.3 cm³/mol. The topological polar surface area (TPSA) is 21.3 Å². The molecule has 0 aromatic heterocycles. The Labute approximate surface area is 137 Å². The van der Waals surface area contributed by atoms with Crippen molar-refractivity contribution >= 4 is 23.5 Å². The van der Waals surface area contributed by atoms with Crippen molar-refractivity contribution in [2.75, 3.05) is 18.1 Å². The van der Waals surface area contributed by atoms with E-state index in [9.17, 15) is 0 Å². The summed E-state index contributed by atoms with van der Waals surface area (Å²) in [6.45, 7) is 7.75. The summed E-state index contributed by atoms with van der Waals surface area (Å²) in [5, 5.41) is 3.74. The first-order valence-corrected chi connectivity index (χ1v) is 10.0. The van der Waals surface area contributed by atoms with E-state index in [1.807, 2.05) is 23.5 Å². The zero-order valence-corrected chi connectivity index (χ0v) is 15.0. The molecule has 2 rings (SSSR count). The van der Waals surface area contributed by atoms with Gasteiger partial charge in [0.2, 0.25) is 4.27 Å². The average molecular weight is 326 g/mol. The Hall–Kier alpha value is -0.320. The fourth-order valence-corrected chi connectivity index (χ4v) is 5.51. The van der Waals surface area contributed by atoms with Crippen molar-refractivity contribution in [1.29, 1.82) is 0 Å². The maximum atomic E-state index is 6.42. The summed E-state index contributed by atoms with van der Waals surface area (Å²) in [6.07, 6.45) is 3.50. The van der Waals surface area contributed by atoms with Crippen molar-refractivity contribution in [3.05, 3.63) is 29.8 Å². The van der Waals surface area contributed by atoms with Crippen LogP contribution in [0.1, 0.15) is 51.6 Å². The van der Waals surface area contributed by atoms with Gasteiger partial charge < -0.3 is 10.1 Å². The van der Waals surface area contributed by atoms with E-state index in [-0.39, 0.29) is 4.27 Å². The van der Waals surface area contributed by atoms with Crippen LogP contribution in [-0.2, 0) is 0 Å². The molecule has 0 spiro atoms. The van der Waals surface area contributed by atoms with E-state index >= 15 is 0 Å². The van der Waals surface area contributed by atoms with Gasteiger partial charge in [0, 0.05) is 18.0 Å². The van der Waals surface area contributed by atoms with Gasteiger partial charge in [0.05, 0.1) is 0 Å². The van der Waals surface area contributed by atoms with Crippen molar-refractivity contribution in [3.8, 4) is 5.75 Å². The highest BCUT2D eigenvalue weighted by atomic mass is 32.2. The molecule has 0 saturated heterocycles. The molecule has 1 aromatic carbocycles. The Morgan fingerprint density at radius 3 is 2.57 bits per heavy atom. The second kappa shape index (κ2) is 8.35. The molecule has 0 saturated carbocycles. The smallest absolute Gasteiger partial charge is 0.203 e. The van der Waals surface area contributed by atoms with E-state index in [0.717, 1.165) is 30.2 Å². The van der Waals surface area contributed by atoms with E-state index in [4.69, 9.17) is 4.74 Å². The van der Waals surface area contributed by atoms with Gasteiger partial charge in [-0.2, -0.15) is 0 Å². The molecule has 0 radical (unpaired) electrons. The SMILES string of the molecule is CCCCNC1CC(SCC)(SCC)Oc2ccccc21. The molecule has 0 fully saturated rings. The lowest BCUT2D eigenvalue weighted by Gasteiger charge is -2.41. The normalized spacial score (nSPS) is 19.9. The summed E-state index contributed by atoms with van der Waals surface area (Å²) in [6, 6.07) is 8.91. The summed E-state index contributed by atoms with van der Waals surface area (Å²) in [4.78, 5) is 0. The molecule has 1 aromatic rings. The third-order valence-corrected chi connectivity index (χ3v) is 6.33. The zero-order valence-electron chi connectivity index (χ0n) is 13.4. The summed E-state index contributed by atoms with van der Waals surface area (Å²) < 4.78 is 6.29. The second-order valence-corrected chi connectivity index (χ2v) is 8.56. The third-order valence-electron chi connectivity index (χ3n) is 3.66. The number of para-hydroxylation sites is 1. The Balaban J connectivity index is 2.22. The van der Waals surface area contributed by atoms with Crippen LogP contribution >= 0.6 is 23.5 Å². The molecule has 1 heterocycles. The van der Waals surface area contributed by atoms with E-state index in [1.165, 1.54) is 18.4 Å². The number of unbranched alkanes of at least 4 members (excludes halogenated alkanes) is 1. The third kappa shape index (κ3) is 4.33. The number of hydrogen-bond acceptors (Lipinski definition) is 4. The number of thioether (sulfide) groups is 2. The molecule has 4 heteroatoms. The van der Waals surface area contributed by atoms with Crippen LogP contribution in [0.5, 0.6) is 5.75 Å². The van der Waals surface area contributed by atoms with E-state index in [0.29, 0.717) is 6.04 Å². The number of rotatable bonds is 8. The van der Waals surface area contributed by atoms with Crippen LogP contribution in [0.3, 0.4) is 0 Å². The number of fused-ring (bicyclic) bond motifs is 1. The van der Waals surface area contributed by atoms with Crippen molar-refractivity contribution in [2.24, 2.45) is 0 Å². The Morgan fingerprint density at radius 2 is 1.90 bits per heavy atom. The van der Waals surface area contributed by atoms with Gasteiger partial charge in [-0.15, -0.1) is 23.5 Å². The fourth-order valence-electron chi connectivity index (χ4n) is 2.72. The van der Waals surface area contributed by atoms with E-state index < -0.39 is 0 Å². The summed E-state index contributed by atoms with van der Waals surface area (Å²) in [7, 11) is 0. The molecule has 118 valence electrons. The molecule has 1 unspecified atom stereocenters. The molecule has 21 heavy (non-hydrogen) atoms. The number of ether oxygens (including phenoxy) is 1. The Bertz CT molecular complexity index is 433. The lowest BCUT2D eigenvalue weighted by molar-refractivity contribution is 0.196. The van der Waals surface area contributed by atoms with Gasteiger partial charge in [0.1, 0.15) is 5.75 Å². The molecule has 0 bridgehead atoms. The highest BCUT2D eigenvalue weighted by Crippen LogP contribution is 2.50. The van der Waals surface area contributed by atoms with Crippen LogP contribution in [-0.4, -0.2) is 22.3 Å². The molecular weight excluding hydrogens is 298 g/mol. The number of nitrogens with one attached hydrogen (secondary N) is 1. The standard InChI is InChI=1S/C17H27NOS2/c1-4-7-12-18-15-13-17(20-5-2,21-6-3)19-16-11-9-8-10-14(15)16/h8-11,15,18H,4-7,12-13H2,1-3H3. The first kappa shape index (κ1) is 17.0. The lowest BCUT2D eigenvalue weighted by Crippen LogP contribution is -2.40. The van der Waals surface area contributed by atoms with Gasteiger partial charge in [-0.25, -0.2) is 0 Å². The Morgan fingerprint density at radius 1 is 1.19 bits per heavy atom. The first-order valence-electron chi connectivity index (χ1n) is 8.04. The van der Waals surface area contributed by atoms with Gasteiger partial charge in [-0.3, -0.25) is 0 Å². The van der Waals surface area contributed by atoms with Gasteiger partial charge >= 0.3 is 0 Å². The minimum Gasteiger partial charge on any atom is -0.467 e. The fraction of sp³-hybridized carbons (Fsp3) is 0.647. The average Bonchev–Trinajstić information content (AvgIpc) is 2.48. The molecule has 1 N–H and O–H groups in total. The van der Waals surface area contributed by atoms with Crippen molar-refractivity contribution in [1.82, 2.24) is 5.32 Å². The minimum atomic E-state index is -0.137. The van der Waals surface area contributed by atoms with Gasteiger partial charge in [0.15, 0.2) is 0 Å². The maximum absolute atomic E-state index is 6.42. The molecule has 2 nitrogen and oxygen atoms in total. The number of hydrogen-bond donors (Lipinski definition) is 1. The van der Waals surface area contributed by atoms with Crippen LogP contribution < -0.4 is 10.1 Å². The molecular formula is C17H27NOS2. The Kier molecular flexibility index (Phi) is 6.77. The maximum Gasteiger partial charge on any atom is 0.203 e. The van der Waals surface area contributed by atoms with Crippen molar-refractivity contribution < 1.29 is 4.74 Å². The quantitative estimate of drug-likeness (QED) is 0.532. The van der Waals surface area contributed by atoms with Crippen LogP contribution in [0.4, 0.5) is 0 Å². The molecule has 1 aliphatic rings. The van der Waals surface area contributed by atoms with Crippen LogP contribution in [0.15, 0.2) is 24.3 Å². The van der Waals surface area contributed by atoms with Gasteiger partial charge in [0.25, 0.3) is 0 Å². The van der Waals surface area contributed by atoms with Gasteiger partial charge in [-0.05, 0) is 30.5 Å². The van der Waals surface area contributed by atoms with Crippen molar-refractivity contribution in [2.45, 2.75) is 50.3 Å². The summed E-state index contributed by atoms with van der Waals surface area (Å²) in [5.41, 5.74) is 1.32. The van der Waals surface area contributed by atoms with Crippen LogP contribution in [0.2, 0.25) is 0 Å². The highest BCUT2D eigenvalue weighted by molar-refractivity contribution is 8.18. The van der Waals surface area contributed by atoms with E-state index in [1.54, 1.807) is 0 Å². The first-order chi connectivity index (χ1) is 10.2. The van der Waals surface area contributed by atoms with Crippen LogP contribution in [0, 0.1) is 0 Å². The molecule has 0 amide bonds. The molecule has 0 aliphatic carbocycles. The van der Waals surface area contributed by atoms with Crippen LogP contribution in [0.25, 0.3) is 0 Å². The summed E-state index contributed by atoms with van der Waals surface area (Å²) in [5.74, 6) is 3.22.